The zero-order valence-corrected chi connectivity index (χ0v) is 19.0. The first-order valence-electron chi connectivity index (χ1n) is 9.15. The number of halogens is 1. The number of para-hydroxylation sites is 2. The number of hydrogen-bond acceptors (Lipinski definition) is 7. The molecule has 0 spiro atoms. The van der Waals surface area contributed by atoms with Crippen LogP contribution >= 0.6 is 46.5 Å². The van der Waals surface area contributed by atoms with Gasteiger partial charge in [0.2, 0.25) is 0 Å². The number of aromatic nitrogens is 4. The minimum Gasteiger partial charge on any atom is -0.491 e. The van der Waals surface area contributed by atoms with Crippen LogP contribution in [-0.4, -0.2) is 32.1 Å². The first-order valence-corrected chi connectivity index (χ1v) is 12.3. The SMILES string of the molecule is CCn1c(CSc2nc3ccccc3s2)nnc1SCCOc1ccccc1Cl. The summed E-state index contributed by atoms with van der Waals surface area (Å²) in [7, 11) is 0. The number of ether oxygens (including phenoxy) is 1. The minimum atomic E-state index is 0.556. The fourth-order valence-corrected chi connectivity index (χ4v) is 5.77. The predicted molar refractivity (Wildman–Crippen MR) is 123 cm³/mol. The molecule has 0 amide bonds. The second-order valence-corrected chi connectivity index (χ2v) is 9.73. The molecule has 0 fully saturated rings. The first kappa shape index (κ1) is 20.5. The molecule has 9 heteroatoms. The van der Waals surface area contributed by atoms with Crippen molar-refractivity contribution in [3.8, 4) is 5.75 Å². The molecule has 0 bridgehead atoms. The maximum absolute atomic E-state index is 6.12. The molecule has 0 saturated carbocycles. The van der Waals surface area contributed by atoms with Gasteiger partial charge in [-0.3, -0.25) is 0 Å². The van der Waals surface area contributed by atoms with Crippen LogP contribution in [0.15, 0.2) is 58.0 Å². The number of rotatable bonds is 9. The zero-order valence-electron chi connectivity index (χ0n) is 15.7. The van der Waals surface area contributed by atoms with Crippen LogP contribution in [0.2, 0.25) is 5.02 Å². The average Bonchev–Trinajstić information content (AvgIpc) is 3.33. The summed E-state index contributed by atoms with van der Waals surface area (Å²) < 4.78 is 10.2. The molecular weight excluding hydrogens is 444 g/mol. The molecule has 0 aliphatic rings. The van der Waals surface area contributed by atoms with Crippen molar-refractivity contribution in [1.82, 2.24) is 19.7 Å². The van der Waals surface area contributed by atoms with Gasteiger partial charge in [-0.15, -0.1) is 21.5 Å². The predicted octanol–water partition coefficient (Wildman–Crippen LogP) is 6.02. The Bertz CT molecular complexity index is 1070. The van der Waals surface area contributed by atoms with Crippen molar-refractivity contribution in [3.63, 3.8) is 0 Å². The van der Waals surface area contributed by atoms with Crippen molar-refractivity contribution >= 4 is 56.7 Å². The number of thiazole rings is 1. The van der Waals surface area contributed by atoms with Crippen LogP contribution in [-0.2, 0) is 12.3 Å². The third-order valence-corrected chi connectivity index (χ3v) is 7.54. The molecule has 0 N–H and O–H groups in total. The van der Waals surface area contributed by atoms with E-state index in [1.807, 2.05) is 42.5 Å². The van der Waals surface area contributed by atoms with Gasteiger partial charge in [-0.25, -0.2) is 4.98 Å². The van der Waals surface area contributed by atoms with E-state index in [2.05, 4.69) is 32.7 Å². The van der Waals surface area contributed by atoms with Gasteiger partial charge in [-0.05, 0) is 31.2 Å². The molecule has 0 saturated heterocycles. The normalized spacial score (nSPS) is 11.2. The highest BCUT2D eigenvalue weighted by atomic mass is 35.5. The smallest absolute Gasteiger partial charge is 0.191 e. The molecule has 0 atom stereocenters. The maximum Gasteiger partial charge on any atom is 0.191 e. The van der Waals surface area contributed by atoms with Gasteiger partial charge >= 0.3 is 0 Å². The van der Waals surface area contributed by atoms with Crippen LogP contribution in [0.5, 0.6) is 5.75 Å². The molecule has 5 nitrogen and oxygen atoms in total. The largest absolute Gasteiger partial charge is 0.491 e. The highest BCUT2D eigenvalue weighted by Crippen LogP contribution is 2.31. The summed E-state index contributed by atoms with van der Waals surface area (Å²) in [6.45, 7) is 3.50. The van der Waals surface area contributed by atoms with Gasteiger partial charge < -0.3 is 9.30 Å². The average molecular weight is 463 g/mol. The third kappa shape index (κ3) is 5.06. The summed E-state index contributed by atoms with van der Waals surface area (Å²) in [5, 5.41) is 10.3. The molecule has 4 aromatic rings. The summed E-state index contributed by atoms with van der Waals surface area (Å²) in [6.07, 6.45) is 0. The Hall–Kier alpha value is -1.74. The molecule has 0 aliphatic heterocycles. The second kappa shape index (κ2) is 9.84. The van der Waals surface area contributed by atoms with E-state index in [0.717, 1.165) is 38.9 Å². The molecular formula is C20H19ClN4OS3. The van der Waals surface area contributed by atoms with Crippen molar-refractivity contribution in [3.05, 3.63) is 59.4 Å². The van der Waals surface area contributed by atoms with E-state index < -0.39 is 0 Å². The van der Waals surface area contributed by atoms with E-state index in [0.29, 0.717) is 17.4 Å². The molecule has 4 rings (SSSR count). The lowest BCUT2D eigenvalue weighted by atomic mass is 10.3. The highest BCUT2D eigenvalue weighted by molar-refractivity contribution is 8.00. The van der Waals surface area contributed by atoms with Crippen LogP contribution in [0.3, 0.4) is 0 Å². The number of nitrogens with zero attached hydrogens (tertiary/aromatic N) is 4. The van der Waals surface area contributed by atoms with Crippen molar-refractivity contribution in [1.29, 1.82) is 0 Å². The van der Waals surface area contributed by atoms with Gasteiger partial charge in [0.15, 0.2) is 9.50 Å². The minimum absolute atomic E-state index is 0.556. The Labute approximate surface area is 186 Å². The third-order valence-electron chi connectivity index (χ3n) is 4.12. The van der Waals surface area contributed by atoms with E-state index in [1.165, 1.54) is 4.70 Å². The Kier molecular flexibility index (Phi) is 6.97. The fraction of sp³-hybridized carbons (Fsp3) is 0.250. The van der Waals surface area contributed by atoms with Crippen LogP contribution in [0.1, 0.15) is 12.7 Å². The quantitative estimate of drug-likeness (QED) is 0.224. The van der Waals surface area contributed by atoms with Crippen LogP contribution in [0, 0.1) is 0 Å². The van der Waals surface area contributed by atoms with Crippen molar-refractivity contribution in [2.24, 2.45) is 0 Å². The van der Waals surface area contributed by atoms with Gasteiger partial charge in [0.25, 0.3) is 0 Å². The van der Waals surface area contributed by atoms with E-state index in [-0.39, 0.29) is 0 Å². The molecule has 2 aromatic carbocycles. The van der Waals surface area contributed by atoms with Gasteiger partial charge in [0.1, 0.15) is 11.6 Å². The summed E-state index contributed by atoms with van der Waals surface area (Å²) in [4.78, 5) is 4.68. The lowest BCUT2D eigenvalue weighted by Gasteiger charge is -2.08. The Morgan fingerprint density at radius 1 is 1.07 bits per heavy atom. The molecule has 0 radical (unpaired) electrons. The summed E-state index contributed by atoms with van der Waals surface area (Å²) in [5.74, 6) is 3.19. The standard InChI is InChI=1S/C20H19ClN4OS3/c1-2-25-18(13-28-20-22-15-8-4-6-10-17(15)29-20)23-24-19(25)27-12-11-26-16-9-5-3-7-14(16)21/h3-10H,2,11-13H2,1H3. The molecule has 2 heterocycles. The number of fused-ring (bicyclic) bond motifs is 1. The van der Waals surface area contributed by atoms with Crippen molar-refractivity contribution in [2.75, 3.05) is 12.4 Å². The van der Waals surface area contributed by atoms with E-state index >= 15 is 0 Å². The number of thioether (sulfide) groups is 2. The zero-order chi connectivity index (χ0) is 20.1. The molecule has 0 aliphatic carbocycles. The summed E-state index contributed by atoms with van der Waals surface area (Å²) in [5.41, 5.74) is 1.05. The monoisotopic (exact) mass is 462 g/mol. The van der Waals surface area contributed by atoms with Gasteiger partial charge in [0.05, 0.1) is 27.6 Å². The van der Waals surface area contributed by atoms with Gasteiger partial charge in [0, 0.05) is 12.3 Å². The van der Waals surface area contributed by atoms with Crippen molar-refractivity contribution in [2.45, 2.75) is 28.7 Å². The number of benzene rings is 2. The second-order valence-electron chi connectivity index (χ2n) is 6.01. The van der Waals surface area contributed by atoms with Gasteiger partial charge in [-0.1, -0.05) is 59.4 Å². The topological polar surface area (TPSA) is 52.8 Å². The Balaban J connectivity index is 1.33. The van der Waals surface area contributed by atoms with Gasteiger partial charge in [-0.2, -0.15) is 0 Å². The van der Waals surface area contributed by atoms with E-state index in [1.54, 1.807) is 34.9 Å². The lowest BCUT2D eigenvalue weighted by molar-refractivity contribution is 0.344. The summed E-state index contributed by atoms with van der Waals surface area (Å²) >= 11 is 11.2. The van der Waals surface area contributed by atoms with Crippen LogP contribution in [0.25, 0.3) is 10.2 Å². The van der Waals surface area contributed by atoms with Crippen LogP contribution < -0.4 is 4.74 Å². The lowest BCUT2D eigenvalue weighted by Crippen LogP contribution is -2.05. The summed E-state index contributed by atoms with van der Waals surface area (Å²) in [6, 6.07) is 15.7. The molecule has 150 valence electrons. The van der Waals surface area contributed by atoms with Crippen molar-refractivity contribution < 1.29 is 4.74 Å². The Morgan fingerprint density at radius 2 is 1.90 bits per heavy atom. The fourth-order valence-electron chi connectivity index (χ4n) is 2.74. The van der Waals surface area contributed by atoms with Crippen LogP contribution in [0.4, 0.5) is 0 Å². The molecule has 29 heavy (non-hydrogen) atoms. The number of hydrogen-bond donors (Lipinski definition) is 0. The first-order chi connectivity index (χ1) is 14.2. The highest BCUT2D eigenvalue weighted by Gasteiger charge is 2.13. The van der Waals surface area contributed by atoms with E-state index in [9.17, 15) is 0 Å². The Morgan fingerprint density at radius 3 is 2.72 bits per heavy atom. The molecule has 2 aromatic heterocycles. The molecule has 0 unspecified atom stereocenters. The van der Waals surface area contributed by atoms with E-state index in [4.69, 9.17) is 16.3 Å². The maximum atomic E-state index is 6.12.